The summed E-state index contributed by atoms with van der Waals surface area (Å²) in [4.78, 5) is 37.3. The SMILES string of the molecule is Cc1ccc(F)cc1-n1ccn(CC(=O)Nc2ccc3c(c2)OCCO3)c(=O)c1=O. The fourth-order valence-corrected chi connectivity index (χ4v) is 3.14. The second-order valence-corrected chi connectivity index (χ2v) is 6.74. The summed E-state index contributed by atoms with van der Waals surface area (Å²) in [5, 5.41) is 2.66. The van der Waals surface area contributed by atoms with Crippen LogP contribution in [0, 0.1) is 12.7 Å². The number of rotatable bonds is 4. The van der Waals surface area contributed by atoms with Crippen molar-refractivity contribution in [2.24, 2.45) is 0 Å². The molecule has 8 nitrogen and oxygen atoms in total. The molecule has 1 aliphatic rings. The summed E-state index contributed by atoms with van der Waals surface area (Å²) in [7, 11) is 0. The van der Waals surface area contributed by atoms with Crippen LogP contribution in [0.4, 0.5) is 10.1 Å². The Morgan fingerprint density at radius 1 is 1.03 bits per heavy atom. The van der Waals surface area contributed by atoms with Gasteiger partial charge in [0.15, 0.2) is 11.5 Å². The first-order chi connectivity index (χ1) is 14.4. The Bertz CT molecular complexity index is 1250. The zero-order valence-corrected chi connectivity index (χ0v) is 16.1. The van der Waals surface area contributed by atoms with E-state index in [9.17, 15) is 18.8 Å². The van der Waals surface area contributed by atoms with E-state index in [0.29, 0.717) is 36.0 Å². The molecule has 30 heavy (non-hydrogen) atoms. The molecule has 0 spiro atoms. The standard InChI is InChI=1S/C21H18FN3O5/c1-13-2-3-14(22)10-16(13)25-7-6-24(20(27)21(25)28)12-19(26)23-15-4-5-17-18(11-15)30-9-8-29-17/h2-7,10-11H,8-9,12H2,1H3,(H,23,26). The molecule has 1 aliphatic heterocycles. The van der Waals surface area contributed by atoms with Crippen molar-refractivity contribution in [1.82, 2.24) is 9.13 Å². The normalized spacial score (nSPS) is 12.5. The number of nitrogens with zero attached hydrogens (tertiary/aromatic N) is 2. The Hall–Kier alpha value is -3.88. The van der Waals surface area contributed by atoms with E-state index in [0.717, 1.165) is 9.13 Å². The lowest BCUT2D eigenvalue weighted by Crippen LogP contribution is -2.41. The second kappa shape index (κ2) is 7.86. The highest BCUT2D eigenvalue weighted by molar-refractivity contribution is 5.90. The maximum atomic E-state index is 13.6. The minimum Gasteiger partial charge on any atom is -0.486 e. The van der Waals surface area contributed by atoms with Crippen LogP contribution in [-0.4, -0.2) is 28.3 Å². The number of ether oxygens (including phenoxy) is 2. The number of hydrogen-bond acceptors (Lipinski definition) is 5. The first-order valence-corrected chi connectivity index (χ1v) is 9.20. The second-order valence-electron chi connectivity index (χ2n) is 6.74. The van der Waals surface area contributed by atoms with Gasteiger partial charge in [0.05, 0.1) is 5.69 Å². The van der Waals surface area contributed by atoms with Gasteiger partial charge in [0.2, 0.25) is 5.91 Å². The minimum atomic E-state index is -0.890. The van der Waals surface area contributed by atoms with E-state index >= 15 is 0 Å². The molecule has 0 saturated heterocycles. The molecule has 0 radical (unpaired) electrons. The van der Waals surface area contributed by atoms with E-state index in [1.165, 1.54) is 30.6 Å². The number of aromatic nitrogens is 2. The van der Waals surface area contributed by atoms with Crippen LogP contribution in [0.2, 0.25) is 0 Å². The number of amides is 1. The van der Waals surface area contributed by atoms with Crippen molar-refractivity contribution in [1.29, 1.82) is 0 Å². The summed E-state index contributed by atoms with van der Waals surface area (Å²) in [5.41, 5.74) is -0.394. The van der Waals surface area contributed by atoms with Crippen molar-refractivity contribution < 1.29 is 18.7 Å². The Kier molecular flexibility index (Phi) is 5.09. The van der Waals surface area contributed by atoms with Crippen LogP contribution in [0.3, 0.4) is 0 Å². The summed E-state index contributed by atoms with van der Waals surface area (Å²) >= 11 is 0. The lowest BCUT2D eigenvalue weighted by atomic mass is 10.2. The van der Waals surface area contributed by atoms with Gasteiger partial charge in [0, 0.05) is 24.1 Å². The van der Waals surface area contributed by atoms with Crippen molar-refractivity contribution in [3.8, 4) is 17.2 Å². The molecule has 4 rings (SSSR count). The highest BCUT2D eigenvalue weighted by Crippen LogP contribution is 2.32. The number of carbonyl (C=O) groups is 1. The number of anilines is 1. The van der Waals surface area contributed by atoms with Crippen molar-refractivity contribution in [3.63, 3.8) is 0 Å². The third-order valence-corrected chi connectivity index (χ3v) is 4.63. The van der Waals surface area contributed by atoms with Crippen LogP contribution in [0.15, 0.2) is 58.4 Å². The van der Waals surface area contributed by atoms with E-state index < -0.39 is 22.8 Å². The van der Waals surface area contributed by atoms with Crippen LogP contribution in [0.5, 0.6) is 11.5 Å². The number of benzene rings is 2. The van der Waals surface area contributed by atoms with Crippen molar-refractivity contribution in [2.75, 3.05) is 18.5 Å². The molecule has 0 bridgehead atoms. The number of aryl methyl sites for hydroxylation is 1. The zero-order chi connectivity index (χ0) is 21.3. The number of nitrogens with one attached hydrogen (secondary N) is 1. The molecule has 9 heteroatoms. The summed E-state index contributed by atoms with van der Waals surface area (Å²) in [6.07, 6.45) is 2.65. The van der Waals surface area contributed by atoms with Gasteiger partial charge in [0.1, 0.15) is 25.6 Å². The molecule has 2 aromatic carbocycles. The summed E-state index contributed by atoms with van der Waals surface area (Å²) in [6, 6.07) is 8.92. The van der Waals surface area contributed by atoms with Gasteiger partial charge >= 0.3 is 11.1 Å². The first kappa shape index (κ1) is 19.4. The van der Waals surface area contributed by atoms with E-state index in [2.05, 4.69) is 5.32 Å². The predicted octanol–water partition coefficient (Wildman–Crippen LogP) is 1.86. The van der Waals surface area contributed by atoms with Gasteiger partial charge in [-0.2, -0.15) is 0 Å². The topological polar surface area (TPSA) is 91.6 Å². The molecular formula is C21H18FN3O5. The Balaban J connectivity index is 1.54. The quantitative estimate of drug-likeness (QED) is 0.662. The van der Waals surface area contributed by atoms with E-state index in [-0.39, 0.29) is 12.2 Å². The number of carbonyl (C=O) groups excluding carboxylic acids is 1. The van der Waals surface area contributed by atoms with Crippen LogP contribution in [0.25, 0.3) is 5.69 Å². The maximum Gasteiger partial charge on any atom is 0.320 e. The molecular weight excluding hydrogens is 393 g/mol. The molecule has 1 N–H and O–H groups in total. The predicted molar refractivity (Wildman–Crippen MR) is 107 cm³/mol. The molecule has 0 atom stereocenters. The van der Waals surface area contributed by atoms with Gasteiger partial charge in [-0.1, -0.05) is 6.07 Å². The largest absolute Gasteiger partial charge is 0.486 e. The number of hydrogen-bond donors (Lipinski definition) is 1. The highest BCUT2D eigenvalue weighted by atomic mass is 19.1. The fraction of sp³-hybridized carbons (Fsp3) is 0.190. The molecule has 1 amide bonds. The van der Waals surface area contributed by atoms with Crippen molar-refractivity contribution in [2.45, 2.75) is 13.5 Å². The van der Waals surface area contributed by atoms with E-state index in [1.54, 1.807) is 25.1 Å². The minimum absolute atomic E-state index is 0.268. The number of halogens is 1. The average Bonchev–Trinajstić information content (AvgIpc) is 2.73. The molecule has 0 aliphatic carbocycles. The average molecular weight is 411 g/mol. The van der Waals surface area contributed by atoms with Gasteiger partial charge in [-0.3, -0.25) is 23.5 Å². The van der Waals surface area contributed by atoms with Crippen molar-refractivity contribution in [3.05, 3.63) is 80.9 Å². The smallest absolute Gasteiger partial charge is 0.320 e. The van der Waals surface area contributed by atoms with Crippen LogP contribution >= 0.6 is 0 Å². The van der Waals surface area contributed by atoms with Gasteiger partial charge < -0.3 is 14.8 Å². The summed E-state index contributed by atoms with van der Waals surface area (Å²) < 4.78 is 26.5. The monoisotopic (exact) mass is 411 g/mol. The summed E-state index contributed by atoms with van der Waals surface area (Å²) in [6.45, 7) is 2.22. The lowest BCUT2D eigenvalue weighted by Gasteiger charge is -2.19. The Morgan fingerprint density at radius 2 is 1.80 bits per heavy atom. The molecule has 0 saturated carbocycles. The Morgan fingerprint density at radius 3 is 2.60 bits per heavy atom. The van der Waals surface area contributed by atoms with Gasteiger partial charge in [-0.05, 0) is 36.8 Å². The molecule has 0 unspecified atom stereocenters. The third-order valence-electron chi connectivity index (χ3n) is 4.63. The maximum absolute atomic E-state index is 13.6. The zero-order valence-electron chi connectivity index (χ0n) is 16.1. The van der Waals surface area contributed by atoms with Gasteiger partial charge in [-0.25, -0.2) is 4.39 Å². The fourth-order valence-electron chi connectivity index (χ4n) is 3.14. The van der Waals surface area contributed by atoms with Crippen LogP contribution < -0.4 is 25.9 Å². The van der Waals surface area contributed by atoms with Crippen molar-refractivity contribution >= 4 is 11.6 Å². The van der Waals surface area contributed by atoms with E-state index in [4.69, 9.17) is 9.47 Å². The van der Waals surface area contributed by atoms with Crippen LogP contribution in [0.1, 0.15) is 5.56 Å². The summed E-state index contributed by atoms with van der Waals surface area (Å²) in [5.74, 6) is 0.0920. The molecule has 3 aromatic rings. The molecule has 1 aromatic heterocycles. The Labute approximate surface area is 170 Å². The molecule has 154 valence electrons. The molecule has 2 heterocycles. The number of fused-ring (bicyclic) bond motifs is 1. The lowest BCUT2D eigenvalue weighted by molar-refractivity contribution is -0.116. The first-order valence-electron chi connectivity index (χ1n) is 9.20. The third kappa shape index (κ3) is 3.82. The highest BCUT2D eigenvalue weighted by Gasteiger charge is 2.15. The van der Waals surface area contributed by atoms with Crippen LogP contribution in [-0.2, 0) is 11.3 Å². The van der Waals surface area contributed by atoms with E-state index in [1.807, 2.05) is 0 Å². The molecule has 0 fully saturated rings. The van der Waals surface area contributed by atoms with Gasteiger partial charge in [-0.15, -0.1) is 0 Å². The van der Waals surface area contributed by atoms with Gasteiger partial charge in [0.25, 0.3) is 0 Å².